The van der Waals surface area contributed by atoms with Crippen molar-refractivity contribution in [2.24, 2.45) is 11.7 Å². The van der Waals surface area contributed by atoms with E-state index in [2.05, 4.69) is 0 Å². The molecule has 2 rings (SSSR count). The number of amides is 1. The molecule has 1 aliphatic rings. The van der Waals surface area contributed by atoms with E-state index in [1.807, 2.05) is 0 Å². The average Bonchev–Trinajstić information content (AvgIpc) is 2.49. The Morgan fingerprint density at radius 1 is 1.33 bits per heavy atom. The number of likely N-dealkylation sites (N-methyl/N-ethyl adjacent to an activating group) is 1. The molecule has 0 aromatic heterocycles. The third-order valence-electron chi connectivity index (χ3n) is 4.42. The topological polar surface area (TPSA) is 46.3 Å². The first-order chi connectivity index (χ1) is 10.0. The summed E-state index contributed by atoms with van der Waals surface area (Å²) in [6.07, 6.45) is 4.16. The van der Waals surface area contributed by atoms with Crippen molar-refractivity contribution < 1.29 is 13.6 Å². The minimum atomic E-state index is -0.671. The van der Waals surface area contributed by atoms with Crippen LogP contribution in [0.15, 0.2) is 18.2 Å². The summed E-state index contributed by atoms with van der Waals surface area (Å²) >= 11 is 0. The zero-order chi connectivity index (χ0) is 15.4. The van der Waals surface area contributed by atoms with E-state index < -0.39 is 11.6 Å². The van der Waals surface area contributed by atoms with Crippen LogP contribution in [0.2, 0.25) is 0 Å². The van der Waals surface area contributed by atoms with Gasteiger partial charge in [0.15, 0.2) is 0 Å². The minimum Gasteiger partial charge on any atom is -0.342 e. The molecular weight excluding hydrogens is 274 g/mol. The monoisotopic (exact) mass is 296 g/mol. The van der Waals surface area contributed by atoms with Crippen LogP contribution in [0.1, 0.15) is 31.2 Å². The van der Waals surface area contributed by atoms with Gasteiger partial charge in [0.05, 0.1) is 6.42 Å². The average molecular weight is 296 g/mol. The van der Waals surface area contributed by atoms with E-state index in [-0.39, 0.29) is 23.9 Å². The summed E-state index contributed by atoms with van der Waals surface area (Å²) in [6, 6.07) is 3.44. The zero-order valence-electron chi connectivity index (χ0n) is 12.3. The normalized spacial score (nSPS) is 22.1. The Bertz CT molecular complexity index is 507. The first kappa shape index (κ1) is 15.9. The van der Waals surface area contributed by atoms with Gasteiger partial charge in [0.2, 0.25) is 5.91 Å². The molecule has 1 aromatic carbocycles. The molecular formula is C16H22F2N2O. The number of nitrogens with zero attached hydrogens (tertiary/aromatic N) is 1. The summed E-state index contributed by atoms with van der Waals surface area (Å²) in [5.74, 6) is -1.14. The van der Waals surface area contributed by atoms with Crippen LogP contribution < -0.4 is 5.73 Å². The second-order valence-corrected chi connectivity index (χ2v) is 5.76. The van der Waals surface area contributed by atoms with Crippen LogP contribution in [0.3, 0.4) is 0 Å². The van der Waals surface area contributed by atoms with Crippen LogP contribution >= 0.6 is 0 Å². The summed E-state index contributed by atoms with van der Waals surface area (Å²) in [7, 11) is 1.75. The summed E-state index contributed by atoms with van der Waals surface area (Å²) in [5, 5.41) is 0. The number of hydrogen-bond acceptors (Lipinski definition) is 2. The van der Waals surface area contributed by atoms with Gasteiger partial charge in [-0.25, -0.2) is 8.78 Å². The Hall–Kier alpha value is -1.49. The van der Waals surface area contributed by atoms with Crippen molar-refractivity contribution in [1.29, 1.82) is 0 Å². The number of carbonyl (C=O) groups excluding carboxylic acids is 1. The molecule has 0 radical (unpaired) electrons. The molecule has 2 atom stereocenters. The van der Waals surface area contributed by atoms with Crippen molar-refractivity contribution in [3.63, 3.8) is 0 Å². The molecule has 1 fully saturated rings. The molecule has 1 saturated carbocycles. The highest BCUT2D eigenvalue weighted by molar-refractivity contribution is 5.79. The molecule has 0 heterocycles. The van der Waals surface area contributed by atoms with Gasteiger partial charge in [-0.1, -0.05) is 18.9 Å². The van der Waals surface area contributed by atoms with Crippen molar-refractivity contribution in [2.45, 2.75) is 38.1 Å². The van der Waals surface area contributed by atoms with Gasteiger partial charge in [-0.05, 0) is 36.9 Å². The summed E-state index contributed by atoms with van der Waals surface area (Å²) in [4.78, 5) is 14.0. The minimum absolute atomic E-state index is 0.0452. The van der Waals surface area contributed by atoms with Crippen LogP contribution in [0.25, 0.3) is 0 Å². The van der Waals surface area contributed by atoms with Gasteiger partial charge >= 0.3 is 0 Å². The maximum Gasteiger partial charge on any atom is 0.227 e. The Balaban J connectivity index is 2.04. The zero-order valence-corrected chi connectivity index (χ0v) is 12.3. The largest absolute Gasteiger partial charge is 0.342 e. The van der Waals surface area contributed by atoms with Gasteiger partial charge < -0.3 is 10.6 Å². The van der Waals surface area contributed by atoms with Gasteiger partial charge in [-0.3, -0.25) is 4.79 Å². The smallest absolute Gasteiger partial charge is 0.227 e. The van der Waals surface area contributed by atoms with Crippen LogP contribution in [0, 0.1) is 17.6 Å². The summed E-state index contributed by atoms with van der Waals surface area (Å²) < 4.78 is 26.5. The molecule has 5 heteroatoms. The van der Waals surface area contributed by atoms with Gasteiger partial charge in [-0.2, -0.15) is 0 Å². The first-order valence-corrected chi connectivity index (χ1v) is 7.42. The lowest BCUT2D eigenvalue weighted by Crippen LogP contribution is -2.46. The second kappa shape index (κ2) is 6.98. The number of halogens is 2. The van der Waals surface area contributed by atoms with E-state index in [1.54, 1.807) is 11.9 Å². The van der Waals surface area contributed by atoms with Gasteiger partial charge in [0, 0.05) is 19.2 Å². The maximum atomic E-state index is 13.6. The van der Waals surface area contributed by atoms with E-state index in [9.17, 15) is 13.6 Å². The fourth-order valence-electron chi connectivity index (χ4n) is 3.11. The molecule has 0 aliphatic heterocycles. The molecule has 3 nitrogen and oxygen atoms in total. The van der Waals surface area contributed by atoms with Crippen molar-refractivity contribution in [2.75, 3.05) is 13.6 Å². The number of hydrogen-bond donors (Lipinski definition) is 1. The van der Waals surface area contributed by atoms with Gasteiger partial charge in [-0.15, -0.1) is 0 Å². The second-order valence-electron chi connectivity index (χ2n) is 5.76. The lowest BCUT2D eigenvalue weighted by Gasteiger charge is -2.37. The molecule has 2 unspecified atom stereocenters. The number of carbonyl (C=O) groups is 1. The van der Waals surface area contributed by atoms with Crippen molar-refractivity contribution in [1.82, 2.24) is 4.90 Å². The fraction of sp³-hybridized carbons (Fsp3) is 0.562. The third-order valence-corrected chi connectivity index (χ3v) is 4.42. The van der Waals surface area contributed by atoms with Crippen molar-refractivity contribution in [3.8, 4) is 0 Å². The van der Waals surface area contributed by atoms with E-state index in [1.165, 1.54) is 12.1 Å². The molecule has 2 N–H and O–H groups in total. The summed E-state index contributed by atoms with van der Waals surface area (Å²) in [6.45, 7) is 0.563. The predicted molar refractivity (Wildman–Crippen MR) is 77.6 cm³/mol. The molecule has 0 saturated heterocycles. The molecule has 1 aromatic rings. The van der Waals surface area contributed by atoms with Crippen LogP contribution in [0.4, 0.5) is 8.78 Å². The van der Waals surface area contributed by atoms with Gasteiger partial charge in [0.1, 0.15) is 11.6 Å². The first-order valence-electron chi connectivity index (χ1n) is 7.42. The van der Waals surface area contributed by atoms with Crippen LogP contribution in [-0.4, -0.2) is 30.4 Å². The number of nitrogens with two attached hydrogens (primary N) is 1. The fourth-order valence-corrected chi connectivity index (χ4v) is 3.11. The molecule has 21 heavy (non-hydrogen) atoms. The quantitative estimate of drug-likeness (QED) is 0.928. The molecule has 0 spiro atoms. The predicted octanol–water partition coefficient (Wildman–Crippen LogP) is 2.48. The standard InChI is InChI=1S/C16H22F2N2O/c1-20(15-5-3-2-4-12(15)10-19)16(21)8-11-6-7-13(17)9-14(11)18/h6-7,9,12,15H,2-5,8,10,19H2,1H3. The Kier molecular flexibility index (Phi) is 5.28. The van der Waals surface area contributed by atoms with Crippen LogP contribution in [0.5, 0.6) is 0 Å². The number of rotatable bonds is 4. The number of benzene rings is 1. The Morgan fingerprint density at radius 3 is 2.71 bits per heavy atom. The lowest BCUT2D eigenvalue weighted by atomic mass is 9.83. The van der Waals surface area contributed by atoms with E-state index in [0.29, 0.717) is 12.5 Å². The highest BCUT2D eigenvalue weighted by Crippen LogP contribution is 2.27. The van der Waals surface area contributed by atoms with Crippen LogP contribution in [-0.2, 0) is 11.2 Å². The lowest BCUT2D eigenvalue weighted by molar-refractivity contribution is -0.132. The SMILES string of the molecule is CN(C(=O)Cc1ccc(F)cc1F)C1CCCCC1CN. The van der Waals surface area contributed by atoms with E-state index in [4.69, 9.17) is 5.73 Å². The van der Waals surface area contributed by atoms with Gasteiger partial charge in [0.25, 0.3) is 0 Å². The molecule has 1 amide bonds. The Morgan fingerprint density at radius 2 is 2.05 bits per heavy atom. The van der Waals surface area contributed by atoms with E-state index in [0.717, 1.165) is 31.7 Å². The third kappa shape index (κ3) is 3.79. The highest BCUT2D eigenvalue weighted by Gasteiger charge is 2.30. The molecule has 1 aliphatic carbocycles. The Labute approximate surface area is 124 Å². The van der Waals surface area contributed by atoms with Crippen molar-refractivity contribution >= 4 is 5.91 Å². The maximum absolute atomic E-state index is 13.6. The summed E-state index contributed by atoms with van der Waals surface area (Å²) in [5.41, 5.74) is 6.02. The highest BCUT2D eigenvalue weighted by atomic mass is 19.1. The van der Waals surface area contributed by atoms with Crippen molar-refractivity contribution in [3.05, 3.63) is 35.4 Å². The molecule has 116 valence electrons. The van der Waals surface area contributed by atoms with E-state index >= 15 is 0 Å². The molecule has 0 bridgehead atoms.